The van der Waals surface area contributed by atoms with Gasteiger partial charge in [0.2, 0.25) is 0 Å². The Morgan fingerprint density at radius 3 is 2.73 bits per heavy atom. The Labute approximate surface area is 62.2 Å². The van der Waals surface area contributed by atoms with E-state index < -0.39 is 10.4 Å². The lowest BCUT2D eigenvalue weighted by Gasteiger charge is -1.96. The zero-order valence-electron chi connectivity index (χ0n) is 5.13. The summed E-state index contributed by atoms with van der Waals surface area (Å²) < 4.78 is 32.1. The summed E-state index contributed by atoms with van der Waals surface area (Å²) in [6, 6.07) is 2.67. The minimum atomic E-state index is -4.38. The van der Waals surface area contributed by atoms with Gasteiger partial charge in [-0.25, -0.2) is 5.26 Å². The molecular formula is C4H4O6S. The summed E-state index contributed by atoms with van der Waals surface area (Å²) in [7, 11) is -4.38. The third-order valence-corrected chi connectivity index (χ3v) is 1.32. The van der Waals surface area contributed by atoms with Crippen LogP contribution in [0.2, 0.25) is 0 Å². The van der Waals surface area contributed by atoms with Gasteiger partial charge in [-0.1, -0.05) is 4.33 Å². The fourth-order valence-electron chi connectivity index (χ4n) is 0.427. The second kappa shape index (κ2) is 2.91. The van der Waals surface area contributed by atoms with E-state index in [0.717, 1.165) is 0 Å². The predicted molar refractivity (Wildman–Crippen MR) is 32.0 cm³/mol. The lowest BCUT2D eigenvalue weighted by atomic mass is 10.7. The van der Waals surface area contributed by atoms with Crippen LogP contribution >= 0.6 is 0 Å². The lowest BCUT2D eigenvalue weighted by molar-refractivity contribution is -0.138. The maximum Gasteiger partial charge on any atom is 0.478 e. The van der Waals surface area contributed by atoms with Gasteiger partial charge in [0, 0.05) is 6.07 Å². The first-order valence-electron chi connectivity index (χ1n) is 2.45. The van der Waals surface area contributed by atoms with Crippen molar-refractivity contribution in [3.05, 3.63) is 18.4 Å². The summed E-state index contributed by atoms with van der Waals surface area (Å²) >= 11 is 0. The summed E-state index contributed by atoms with van der Waals surface area (Å²) in [5.74, 6) is -0.279. The Morgan fingerprint density at radius 1 is 1.55 bits per heavy atom. The van der Waals surface area contributed by atoms with Crippen molar-refractivity contribution < 1.29 is 26.6 Å². The molecule has 0 fully saturated rings. The van der Waals surface area contributed by atoms with Crippen molar-refractivity contribution in [1.82, 2.24) is 0 Å². The van der Waals surface area contributed by atoms with E-state index in [1.807, 2.05) is 0 Å². The fourth-order valence-corrected chi connectivity index (χ4v) is 0.753. The highest BCUT2D eigenvalue weighted by atomic mass is 32.3. The number of hydrogen-bond donors (Lipinski definition) is 1. The van der Waals surface area contributed by atoms with Gasteiger partial charge in [-0.2, -0.15) is 8.42 Å². The number of hydrogen-bond acceptors (Lipinski definition) is 6. The molecule has 0 saturated carbocycles. The van der Waals surface area contributed by atoms with Crippen LogP contribution in [0.3, 0.4) is 0 Å². The second-order valence-corrected chi connectivity index (χ2v) is 2.63. The largest absolute Gasteiger partial charge is 0.478 e. The van der Waals surface area contributed by atoms with Crippen LogP contribution in [0, 0.1) is 0 Å². The van der Waals surface area contributed by atoms with E-state index in [1.165, 1.54) is 18.4 Å². The highest BCUT2D eigenvalue weighted by molar-refractivity contribution is 7.82. The van der Waals surface area contributed by atoms with Gasteiger partial charge in [0.05, 0.1) is 6.26 Å². The van der Waals surface area contributed by atoms with Gasteiger partial charge < -0.3 is 8.60 Å². The van der Waals surface area contributed by atoms with Crippen LogP contribution in [-0.4, -0.2) is 13.7 Å². The molecule has 6 nitrogen and oxygen atoms in total. The molecule has 0 aliphatic heterocycles. The van der Waals surface area contributed by atoms with Crippen molar-refractivity contribution >= 4 is 10.4 Å². The summed E-state index contributed by atoms with van der Waals surface area (Å²) in [6.45, 7) is 0. The molecule has 1 rings (SSSR count). The third-order valence-electron chi connectivity index (χ3n) is 0.771. The molecule has 1 N–H and O–H groups in total. The first kappa shape index (κ1) is 8.05. The SMILES string of the molecule is O=S(=O)(OO)Oc1ccco1. The summed E-state index contributed by atoms with van der Waals surface area (Å²) in [6.07, 6.45) is 1.21. The van der Waals surface area contributed by atoms with Crippen molar-refractivity contribution in [3.63, 3.8) is 0 Å². The van der Waals surface area contributed by atoms with Gasteiger partial charge in [-0.3, -0.25) is 0 Å². The average Bonchev–Trinajstić information content (AvgIpc) is 2.39. The van der Waals surface area contributed by atoms with Gasteiger partial charge in [-0.15, -0.1) is 0 Å². The van der Waals surface area contributed by atoms with E-state index >= 15 is 0 Å². The molecule has 1 heterocycles. The van der Waals surface area contributed by atoms with E-state index in [0.29, 0.717) is 0 Å². The van der Waals surface area contributed by atoms with Crippen LogP contribution in [0.25, 0.3) is 0 Å². The minimum absolute atomic E-state index is 0.279. The summed E-state index contributed by atoms with van der Waals surface area (Å²) in [4.78, 5) is 0. The van der Waals surface area contributed by atoms with Crippen molar-refractivity contribution in [2.75, 3.05) is 0 Å². The second-order valence-electron chi connectivity index (χ2n) is 1.50. The van der Waals surface area contributed by atoms with Crippen molar-refractivity contribution in [2.24, 2.45) is 0 Å². The number of furan rings is 1. The molecule has 0 unspecified atom stereocenters. The van der Waals surface area contributed by atoms with Crippen LogP contribution in [0.5, 0.6) is 5.95 Å². The van der Waals surface area contributed by atoms with E-state index in [1.54, 1.807) is 0 Å². The van der Waals surface area contributed by atoms with Crippen LogP contribution in [0.4, 0.5) is 0 Å². The van der Waals surface area contributed by atoms with E-state index in [9.17, 15) is 8.42 Å². The molecule has 7 heteroatoms. The normalized spacial score (nSPS) is 11.4. The standard InChI is InChI=1S/C4H4O6S/c5-10-11(6,7)9-4-2-1-3-8-4/h1-3,5H. The molecule has 1 aromatic rings. The molecule has 0 aromatic carbocycles. The van der Waals surface area contributed by atoms with Gasteiger partial charge >= 0.3 is 16.3 Å². The van der Waals surface area contributed by atoms with Crippen molar-refractivity contribution in [1.29, 1.82) is 0 Å². The predicted octanol–water partition coefficient (Wildman–Crippen LogP) is 0.393. The molecule has 0 atom stereocenters. The summed E-state index contributed by atoms with van der Waals surface area (Å²) in [5.41, 5.74) is 0. The Kier molecular flexibility index (Phi) is 2.13. The van der Waals surface area contributed by atoms with Crippen molar-refractivity contribution in [3.8, 4) is 5.95 Å². The smallest absolute Gasteiger partial charge is 0.433 e. The van der Waals surface area contributed by atoms with Gasteiger partial charge in [-0.05, 0) is 6.07 Å². The molecule has 0 saturated heterocycles. The Morgan fingerprint density at radius 2 is 2.27 bits per heavy atom. The first-order chi connectivity index (χ1) is 5.14. The minimum Gasteiger partial charge on any atom is -0.433 e. The van der Waals surface area contributed by atoms with Crippen molar-refractivity contribution in [2.45, 2.75) is 0 Å². The van der Waals surface area contributed by atoms with Crippen LogP contribution in [-0.2, 0) is 14.7 Å². The Balaban J connectivity index is 2.72. The maximum absolute atomic E-state index is 10.3. The van der Waals surface area contributed by atoms with Crippen LogP contribution in [0.15, 0.2) is 22.8 Å². The molecule has 11 heavy (non-hydrogen) atoms. The highest BCUT2D eigenvalue weighted by Gasteiger charge is 2.14. The Bertz CT molecular complexity index is 297. The van der Waals surface area contributed by atoms with Crippen LogP contribution in [0.1, 0.15) is 0 Å². The first-order valence-corrected chi connectivity index (χ1v) is 3.78. The molecule has 0 bridgehead atoms. The Hall–Kier alpha value is -1.05. The zero-order chi connectivity index (χ0) is 8.32. The molecule has 62 valence electrons. The van der Waals surface area contributed by atoms with E-state index in [2.05, 4.69) is 12.9 Å². The van der Waals surface area contributed by atoms with Gasteiger partial charge in [0.1, 0.15) is 0 Å². The van der Waals surface area contributed by atoms with E-state index in [-0.39, 0.29) is 5.95 Å². The average molecular weight is 180 g/mol. The van der Waals surface area contributed by atoms with Gasteiger partial charge in [0.25, 0.3) is 0 Å². The quantitative estimate of drug-likeness (QED) is 0.535. The number of rotatable bonds is 3. The molecule has 0 radical (unpaired) electrons. The molecular weight excluding hydrogens is 176 g/mol. The lowest BCUT2D eigenvalue weighted by Crippen LogP contribution is -2.10. The topological polar surface area (TPSA) is 86.0 Å². The van der Waals surface area contributed by atoms with Gasteiger partial charge in [0.15, 0.2) is 0 Å². The highest BCUT2D eigenvalue weighted by Crippen LogP contribution is 2.12. The monoisotopic (exact) mass is 180 g/mol. The maximum atomic E-state index is 10.3. The third kappa shape index (κ3) is 2.22. The van der Waals surface area contributed by atoms with E-state index in [4.69, 9.17) is 5.26 Å². The van der Waals surface area contributed by atoms with Crippen LogP contribution < -0.4 is 4.18 Å². The molecule has 1 aromatic heterocycles. The zero-order valence-corrected chi connectivity index (χ0v) is 5.95. The molecule has 0 aliphatic rings. The molecule has 0 spiro atoms. The summed E-state index contributed by atoms with van der Waals surface area (Å²) in [5, 5.41) is 7.74. The molecule has 0 aliphatic carbocycles. The molecule has 0 amide bonds. The fraction of sp³-hybridized carbons (Fsp3) is 0.